The summed E-state index contributed by atoms with van der Waals surface area (Å²) in [4.78, 5) is 17.0. The van der Waals surface area contributed by atoms with Gasteiger partial charge in [-0.3, -0.25) is 14.0 Å². The van der Waals surface area contributed by atoms with Crippen LogP contribution in [0.3, 0.4) is 0 Å². The van der Waals surface area contributed by atoms with Crippen LogP contribution in [0.25, 0.3) is 16.6 Å². The molecular weight excluding hydrogens is 356 g/mol. The first kappa shape index (κ1) is 18.1. The van der Waals surface area contributed by atoms with Crippen molar-refractivity contribution < 1.29 is 4.21 Å². The van der Waals surface area contributed by atoms with Crippen molar-refractivity contribution in [2.24, 2.45) is 5.92 Å². The molecule has 1 aromatic carbocycles. The number of hydrogen-bond donors (Lipinski definition) is 0. The predicted octanol–water partition coefficient (Wildman–Crippen LogP) is 4.38. The zero-order chi connectivity index (χ0) is 18.8. The van der Waals surface area contributed by atoms with Crippen molar-refractivity contribution in [2.75, 3.05) is 5.75 Å². The lowest BCUT2D eigenvalue weighted by Crippen LogP contribution is -2.20. The van der Waals surface area contributed by atoms with Crippen LogP contribution >= 0.6 is 0 Å². The highest BCUT2D eigenvalue weighted by Gasteiger charge is 2.21. The molecule has 2 heterocycles. The summed E-state index contributed by atoms with van der Waals surface area (Å²) in [6, 6.07) is 13.3. The summed E-state index contributed by atoms with van der Waals surface area (Å²) < 4.78 is 15.3. The van der Waals surface area contributed by atoms with E-state index in [0.717, 1.165) is 29.7 Å². The number of fused-ring (bicyclic) bond motifs is 1. The number of pyridine rings is 2. The van der Waals surface area contributed by atoms with E-state index in [9.17, 15) is 9.00 Å². The van der Waals surface area contributed by atoms with Crippen molar-refractivity contribution in [3.63, 3.8) is 0 Å². The Morgan fingerprint density at radius 1 is 1.11 bits per heavy atom. The van der Waals surface area contributed by atoms with Gasteiger partial charge in [-0.15, -0.1) is 0 Å². The molecule has 0 amide bonds. The number of aromatic nitrogens is 2. The van der Waals surface area contributed by atoms with Gasteiger partial charge in [-0.25, -0.2) is 0 Å². The minimum Gasteiger partial charge on any atom is -0.302 e. The molecule has 1 aliphatic rings. The Hall–Kier alpha value is -2.27. The molecule has 0 bridgehead atoms. The second-order valence-electron chi connectivity index (χ2n) is 7.38. The van der Waals surface area contributed by atoms with Gasteiger partial charge in [-0.1, -0.05) is 37.5 Å². The van der Waals surface area contributed by atoms with Gasteiger partial charge in [0.1, 0.15) is 5.03 Å². The molecule has 27 heavy (non-hydrogen) atoms. The summed E-state index contributed by atoms with van der Waals surface area (Å²) in [5, 5.41) is 1.15. The largest absolute Gasteiger partial charge is 0.302 e. The van der Waals surface area contributed by atoms with Crippen LogP contribution in [0.5, 0.6) is 0 Å². The molecule has 5 heteroatoms. The summed E-state index contributed by atoms with van der Waals surface area (Å²) in [5.74, 6) is 1.11. The van der Waals surface area contributed by atoms with Crippen molar-refractivity contribution in [1.82, 2.24) is 9.55 Å². The summed E-state index contributed by atoms with van der Waals surface area (Å²) in [7, 11) is -1.22. The third-order valence-corrected chi connectivity index (χ3v) is 6.90. The van der Waals surface area contributed by atoms with Gasteiger partial charge in [-0.2, -0.15) is 0 Å². The first-order valence-electron chi connectivity index (χ1n) is 9.60. The fourth-order valence-corrected chi connectivity index (χ4v) is 5.54. The fourth-order valence-electron chi connectivity index (χ4n) is 3.96. The highest BCUT2D eigenvalue weighted by molar-refractivity contribution is 7.85. The fraction of sp³-hybridized carbons (Fsp3) is 0.364. The zero-order valence-corrected chi connectivity index (χ0v) is 16.4. The van der Waals surface area contributed by atoms with E-state index in [1.807, 2.05) is 47.9 Å². The van der Waals surface area contributed by atoms with E-state index in [2.05, 4.69) is 4.98 Å². The molecule has 1 fully saturated rings. The summed E-state index contributed by atoms with van der Waals surface area (Å²) in [6.45, 7) is 1.91. The van der Waals surface area contributed by atoms with E-state index < -0.39 is 10.8 Å². The normalized spacial score (nSPS) is 16.5. The molecule has 3 aromatic rings. The molecule has 1 atom stereocenters. The number of hydrogen-bond acceptors (Lipinski definition) is 3. The van der Waals surface area contributed by atoms with E-state index >= 15 is 0 Å². The molecule has 0 spiro atoms. The number of nitrogens with zero attached hydrogens (tertiary/aromatic N) is 2. The van der Waals surface area contributed by atoms with Crippen LogP contribution in [0.15, 0.2) is 58.5 Å². The highest BCUT2D eigenvalue weighted by atomic mass is 32.2. The Morgan fingerprint density at radius 3 is 2.59 bits per heavy atom. The van der Waals surface area contributed by atoms with Gasteiger partial charge in [0.25, 0.3) is 0 Å². The number of para-hydroxylation sites is 1. The van der Waals surface area contributed by atoms with Crippen molar-refractivity contribution in [3.05, 3.63) is 64.6 Å². The molecular formula is C22H24N2O2S. The Labute approximate surface area is 161 Å². The standard InChI is InChI=1S/C22H24N2O2S/c1-16-12-20-19(14-23-16)21(25)13-22(24(20)18-10-6-3-7-11-18)27(26)15-17-8-4-2-5-9-17/h3,6-7,10-14,17H,2,4-5,8-9,15H2,1H3. The van der Waals surface area contributed by atoms with Crippen LogP contribution in [-0.2, 0) is 10.8 Å². The van der Waals surface area contributed by atoms with Gasteiger partial charge in [0.2, 0.25) is 0 Å². The third-order valence-electron chi connectivity index (χ3n) is 5.36. The van der Waals surface area contributed by atoms with Crippen molar-refractivity contribution >= 4 is 21.7 Å². The average molecular weight is 381 g/mol. The van der Waals surface area contributed by atoms with Crippen molar-refractivity contribution in [1.29, 1.82) is 0 Å². The Bertz CT molecular complexity index is 1040. The van der Waals surface area contributed by atoms with E-state index in [1.165, 1.54) is 19.3 Å². The van der Waals surface area contributed by atoms with Crippen LogP contribution in [0.1, 0.15) is 37.8 Å². The lowest BCUT2D eigenvalue weighted by atomic mass is 9.91. The molecule has 0 radical (unpaired) electrons. The minimum absolute atomic E-state index is 0.114. The van der Waals surface area contributed by atoms with E-state index in [4.69, 9.17) is 0 Å². The highest BCUT2D eigenvalue weighted by Crippen LogP contribution is 2.27. The Morgan fingerprint density at radius 2 is 1.85 bits per heavy atom. The third kappa shape index (κ3) is 3.74. The van der Waals surface area contributed by atoms with Gasteiger partial charge in [0.05, 0.1) is 21.7 Å². The van der Waals surface area contributed by atoms with Crippen LogP contribution in [0.2, 0.25) is 0 Å². The minimum atomic E-state index is -1.22. The first-order chi connectivity index (χ1) is 13.1. The maximum absolute atomic E-state index is 13.3. The predicted molar refractivity (Wildman–Crippen MR) is 110 cm³/mol. The van der Waals surface area contributed by atoms with Crippen molar-refractivity contribution in [3.8, 4) is 5.69 Å². The van der Waals surface area contributed by atoms with Gasteiger partial charge in [0, 0.05) is 29.4 Å². The topological polar surface area (TPSA) is 52.0 Å². The molecule has 1 saturated carbocycles. The van der Waals surface area contributed by atoms with E-state index in [-0.39, 0.29) is 5.43 Å². The molecule has 140 valence electrons. The SMILES string of the molecule is Cc1cc2c(cn1)c(=O)cc(S(=O)CC1CCCCC1)n2-c1ccccc1. The molecule has 2 aromatic heterocycles. The summed E-state index contributed by atoms with van der Waals surface area (Å²) in [6.07, 6.45) is 7.61. The van der Waals surface area contributed by atoms with Crippen molar-refractivity contribution in [2.45, 2.75) is 44.1 Å². The molecule has 0 saturated heterocycles. The summed E-state index contributed by atoms with van der Waals surface area (Å²) in [5.41, 5.74) is 2.41. The first-order valence-corrected chi connectivity index (χ1v) is 10.9. The van der Waals surface area contributed by atoms with Gasteiger partial charge < -0.3 is 4.57 Å². The second kappa shape index (κ2) is 7.77. The van der Waals surface area contributed by atoms with E-state index in [1.54, 1.807) is 12.3 Å². The average Bonchev–Trinajstić information content (AvgIpc) is 2.69. The maximum Gasteiger partial charge on any atom is 0.192 e. The molecule has 0 aliphatic heterocycles. The van der Waals surface area contributed by atoms with E-state index in [0.29, 0.717) is 22.1 Å². The lowest BCUT2D eigenvalue weighted by Gasteiger charge is -2.22. The quantitative estimate of drug-likeness (QED) is 0.675. The molecule has 1 aliphatic carbocycles. The number of aryl methyl sites for hydroxylation is 1. The number of benzene rings is 1. The molecule has 4 rings (SSSR count). The molecule has 4 nitrogen and oxygen atoms in total. The Balaban J connectivity index is 1.88. The van der Waals surface area contributed by atoms with Gasteiger partial charge >= 0.3 is 0 Å². The molecule has 0 N–H and O–H groups in total. The van der Waals surface area contributed by atoms with Crippen LogP contribution in [0, 0.1) is 12.8 Å². The smallest absolute Gasteiger partial charge is 0.192 e. The maximum atomic E-state index is 13.3. The Kier molecular flexibility index (Phi) is 5.21. The van der Waals surface area contributed by atoms with Gasteiger partial charge in [-0.05, 0) is 43.9 Å². The van der Waals surface area contributed by atoms with Crippen LogP contribution < -0.4 is 5.43 Å². The number of rotatable bonds is 4. The zero-order valence-electron chi connectivity index (χ0n) is 15.6. The second-order valence-corrected chi connectivity index (χ2v) is 8.82. The molecule has 1 unspecified atom stereocenters. The van der Waals surface area contributed by atoms with Gasteiger partial charge in [0.15, 0.2) is 5.43 Å². The lowest BCUT2D eigenvalue weighted by molar-refractivity contribution is 0.388. The summed E-state index contributed by atoms with van der Waals surface area (Å²) >= 11 is 0. The monoisotopic (exact) mass is 380 g/mol. The van der Waals surface area contributed by atoms with Crippen LogP contribution in [0.4, 0.5) is 0 Å². The van der Waals surface area contributed by atoms with Crippen LogP contribution in [-0.4, -0.2) is 19.5 Å².